The minimum atomic E-state index is 0.794. The molecule has 1 rings (SSSR count). The first-order chi connectivity index (χ1) is 5.25. The molecule has 1 radical (unpaired) electrons. The van der Waals surface area contributed by atoms with Crippen molar-refractivity contribution in [3.05, 3.63) is 16.1 Å². The van der Waals surface area contributed by atoms with Gasteiger partial charge in [0.15, 0.2) is 5.51 Å². The molecule has 0 unspecified atom stereocenters. The number of thiazole rings is 1. The molecule has 0 aliphatic heterocycles. The highest BCUT2D eigenvalue weighted by atomic mass is 32.1. The lowest BCUT2D eigenvalue weighted by Gasteiger charge is -1.94. The highest BCUT2D eigenvalue weighted by molar-refractivity contribution is 7.09. The van der Waals surface area contributed by atoms with Gasteiger partial charge in [0.05, 0.1) is 0 Å². The van der Waals surface area contributed by atoms with Crippen LogP contribution in [0.4, 0.5) is 0 Å². The molecule has 4 heteroatoms. The van der Waals surface area contributed by atoms with Crippen molar-refractivity contribution < 1.29 is 4.84 Å². The van der Waals surface area contributed by atoms with E-state index in [2.05, 4.69) is 20.5 Å². The molecule has 0 saturated carbocycles. The molecule has 1 heterocycles. The predicted octanol–water partition coefficient (Wildman–Crippen LogP) is 1.62. The molecule has 0 bridgehead atoms. The minimum Gasteiger partial charge on any atom is -0.399 e. The van der Waals surface area contributed by atoms with Crippen molar-refractivity contribution in [2.75, 3.05) is 7.11 Å². The van der Waals surface area contributed by atoms with Crippen LogP contribution in [-0.4, -0.2) is 17.8 Å². The summed E-state index contributed by atoms with van der Waals surface area (Å²) in [5.41, 5.74) is 4.46. The molecule has 0 aliphatic carbocycles. The van der Waals surface area contributed by atoms with Crippen molar-refractivity contribution >= 4 is 17.0 Å². The van der Waals surface area contributed by atoms with Crippen LogP contribution in [0.1, 0.15) is 17.5 Å². The van der Waals surface area contributed by atoms with Crippen LogP contribution in [0.2, 0.25) is 0 Å². The average molecular weight is 169 g/mol. The highest BCUT2D eigenvalue weighted by Gasteiger charge is 2.04. The fourth-order valence-electron chi connectivity index (χ4n) is 0.780. The Bertz CT molecular complexity index is 267. The van der Waals surface area contributed by atoms with Gasteiger partial charge in [0.25, 0.3) is 0 Å². The maximum atomic E-state index is 4.62. The third-order valence-corrected chi connectivity index (χ3v) is 1.94. The van der Waals surface area contributed by atoms with Gasteiger partial charge in [0, 0.05) is 4.88 Å². The third kappa shape index (κ3) is 1.77. The molecule has 0 aromatic carbocycles. The minimum absolute atomic E-state index is 0.794. The zero-order chi connectivity index (χ0) is 8.27. The van der Waals surface area contributed by atoms with Gasteiger partial charge in [-0.2, -0.15) is 0 Å². The van der Waals surface area contributed by atoms with E-state index in [0.29, 0.717) is 0 Å². The molecular formula is C7H9N2OS. The number of rotatable bonds is 2. The number of aryl methyl sites for hydroxylation is 1. The Balaban J connectivity index is 2.92. The topological polar surface area (TPSA) is 34.5 Å². The van der Waals surface area contributed by atoms with E-state index in [9.17, 15) is 0 Å². The summed E-state index contributed by atoms with van der Waals surface area (Å²) in [6.45, 7) is 3.84. The smallest absolute Gasteiger partial charge is 0.153 e. The molecule has 1 aromatic heterocycles. The van der Waals surface area contributed by atoms with E-state index < -0.39 is 0 Å². The van der Waals surface area contributed by atoms with Crippen molar-refractivity contribution in [2.24, 2.45) is 5.16 Å². The maximum Gasteiger partial charge on any atom is 0.153 e. The molecule has 0 aliphatic rings. The van der Waals surface area contributed by atoms with Crippen LogP contribution in [0.15, 0.2) is 5.16 Å². The van der Waals surface area contributed by atoms with E-state index in [-0.39, 0.29) is 0 Å². The standard InChI is InChI=1S/C7H9N2OS/c1-5(9-10-3)7-6(2)11-4-8-7/h1-3H3. The van der Waals surface area contributed by atoms with Gasteiger partial charge in [-0.3, -0.25) is 0 Å². The Kier molecular flexibility index (Phi) is 2.59. The van der Waals surface area contributed by atoms with Gasteiger partial charge < -0.3 is 4.84 Å². The van der Waals surface area contributed by atoms with Gasteiger partial charge >= 0.3 is 0 Å². The fourth-order valence-corrected chi connectivity index (χ4v) is 1.34. The van der Waals surface area contributed by atoms with Crippen LogP contribution >= 0.6 is 11.3 Å². The zero-order valence-corrected chi connectivity index (χ0v) is 7.53. The lowest BCUT2D eigenvalue weighted by molar-refractivity contribution is 0.213. The number of hydrogen-bond acceptors (Lipinski definition) is 4. The summed E-state index contributed by atoms with van der Waals surface area (Å²) < 4.78 is 0. The maximum absolute atomic E-state index is 4.62. The molecule has 59 valence electrons. The van der Waals surface area contributed by atoms with Crippen molar-refractivity contribution in [1.82, 2.24) is 4.98 Å². The van der Waals surface area contributed by atoms with Crippen LogP contribution < -0.4 is 0 Å². The lowest BCUT2D eigenvalue weighted by atomic mass is 10.3. The van der Waals surface area contributed by atoms with E-state index in [1.807, 2.05) is 13.8 Å². The van der Waals surface area contributed by atoms with Crippen LogP contribution in [-0.2, 0) is 4.84 Å². The summed E-state index contributed by atoms with van der Waals surface area (Å²) >= 11 is 1.49. The number of aromatic nitrogens is 1. The van der Waals surface area contributed by atoms with E-state index >= 15 is 0 Å². The van der Waals surface area contributed by atoms with Gasteiger partial charge in [-0.05, 0) is 13.8 Å². The first-order valence-electron chi connectivity index (χ1n) is 3.17. The summed E-state index contributed by atoms with van der Waals surface area (Å²) in [4.78, 5) is 9.75. The Labute approximate surface area is 69.7 Å². The largest absolute Gasteiger partial charge is 0.399 e. The van der Waals surface area contributed by atoms with Gasteiger partial charge in [-0.1, -0.05) is 5.16 Å². The summed E-state index contributed by atoms with van der Waals surface area (Å²) in [7, 11) is 1.52. The van der Waals surface area contributed by atoms with Crippen molar-refractivity contribution in [2.45, 2.75) is 13.8 Å². The third-order valence-electron chi connectivity index (χ3n) is 1.26. The van der Waals surface area contributed by atoms with Gasteiger partial charge in [-0.25, -0.2) is 4.98 Å². The molecule has 0 amide bonds. The summed E-state index contributed by atoms with van der Waals surface area (Å²) in [6, 6.07) is 0. The second-order valence-electron chi connectivity index (χ2n) is 2.07. The number of hydrogen-bond donors (Lipinski definition) is 0. The Hall–Kier alpha value is -0.900. The predicted molar refractivity (Wildman–Crippen MR) is 44.9 cm³/mol. The van der Waals surface area contributed by atoms with Gasteiger partial charge in [0.2, 0.25) is 0 Å². The molecule has 0 saturated heterocycles. The first kappa shape index (κ1) is 8.20. The first-order valence-corrected chi connectivity index (χ1v) is 3.99. The number of nitrogens with zero attached hydrogens (tertiary/aromatic N) is 2. The lowest BCUT2D eigenvalue weighted by Crippen LogP contribution is -1.97. The molecular weight excluding hydrogens is 160 g/mol. The summed E-state index contributed by atoms with van der Waals surface area (Å²) in [5, 5.41) is 3.77. The molecule has 1 aromatic rings. The SMILES string of the molecule is CON=C(C)c1n[c]sc1C. The summed E-state index contributed by atoms with van der Waals surface area (Å²) in [5.74, 6) is 0. The Morgan fingerprint density at radius 3 is 2.91 bits per heavy atom. The van der Waals surface area contributed by atoms with E-state index in [4.69, 9.17) is 0 Å². The van der Waals surface area contributed by atoms with Gasteiger partial charge in [-0.15, -0.1) is 11.3 Å². The van der Waals surface area contributed by atoms with E-state index in [0.717, 1.165) is 16.3 Å². The van der Waals surface area contributed by atoms with Crippen molar-refractivity contribution in [3.8, 4) is 0 Å². The average Bonchev–Trinajstić information content (AvgIpc) is 2.36. The second kappa shape index (κ2) is 3.48. The van der Waals surface area contributed by atoms with Crippen LogP contribution in [0.25, 0.3) is 0 Å². The molecule has 0 atom stereocenters. The van der Waals surface area contributed by atoms with Crippen LogP contribution in [0, 0.1) is 12.4 Å². The van der Waals surface area contributed by atoms with Crippen molar-refractivity contribution in [1.29, 1.82) is 0 Å². The Morgan fingerprint density at radius 1 is 1.73 bits per heavy atom. The van der Waals surface area contributed by atoms with E-state index in [1.165, 1.54) is 18.4 Å². The fraction of sp³-hybridized carbons (Fsp3) is 0.429. The van der Waals surface area contributed by atoms with Crippen LogP contribution in [0.5, 0.6) is 0 Å². The molecule has 3 nitrogen and oxygen atoms in total. The zero-order valence-electron chi connectivity index (χ0n) is 6.71. The number of oxime groups is 1. The monoisotopic (exact) mass is 169 g/mol. The highest BCUT2D eigenvalue weighted by Crippen LogP contribution is 2.11. The second-order valence-corrected chi connectivity index (χ2v) is 3.07. The normalized spacial score (nSPS) is 11.7. The van der Waals surface area contributed by atoms with Crippen LogP contribution in [0.3, 0.4) is 0 Å². The quantitative estimate of drug-likeness (QED) is 0.498. The summed E-state index contributed by atoms with van der Waals surface area (Å²) in [6.07, 6.45) is 0. The molecule has 0 spiro atoms. The van der Waals surface area contributed by atoms with E-state index in [1.54, 1.807) is 0 Å². The molecule has 0 N–H and O–H groups in total. The molecule has 11 heavy (non-hydrogen) atoms. The van der Waals surface area contributed by atoms with Gasteiger partial charge in [0.1, 0.15) is 18.5 Å². The molecule has 0 fully saturated rings. The van der Waals surface area contributed by atoms with Crippen molar-refractivity contribution in [3.63, 3.8) is 0 Å². The Morgan fingerprint density at radius 2 is 2.45 bits per heavy atom.